The molecule has 0 saturated carbocycles. The Morgan fingerprint density at radius 1 is 0.841 bits per heavy atom. The van der Waals surface area contributed by atoms with Crippen molar-refractivity contribution in [1.29, 1.82) is 0 Å². The van der Waals surface area contributed by atoms with E-state index in [9.17, 15) is 44.4 Å². The number of amides is 3. The molecule has 24 heteroatoms. The van der Waals surface area contributed by atoms with Crippen molar-refractivity contribution in [2.75, 3.05) is 86.7 Å². The number of carbonyl (C=O) groups excluding carboxylic acids is 3. The normalized spacial score (nSPS) is 19.2. The molecule has 0 bridgehead atoms. The van der Waals surface area contributed by atoms with Gasteiger partial charge >= 0.3 is 5.51 Å². The molecule has 1 aromatic heterocycles. The summed E-state index contributed by atoms with van der Waals surface area (Å²) in [4.78, 5) is 49.0. The number of nitrogens with zero attached hydrogens (tertiary/aromatic N) is 5. The zero-order chi connectivity index (χ0) is 58.4. The fourth-order valence-electron chi connectivity index (χ4n) is 10.7. The Morgan fingerprint density at radius 3 is 2.18 bits per heavy atom. The van der Waals surface area contributed by atoms with Crippen LogP contribution in [0.5, 0.6) is 0 Å². The number of aromatic nitrogens is 1. The number of imide groups is 1. The quantitative estimate of drug-likeness (QED) is 0.0327. The first kappa shape index (κ1) is 60.5. The summed E-state index contributed by atoms with van der Waals surface area (Å²) < 4.78 is 115. The van der Waals surface area contributed by atoms with Crippen LogP contribution in [0.25, 0.3) is 5.57 Å². The number of hydrogen-bond donors (Lipinski definition) is 4. The molecule has 5 aromatic rings. The van der Waals surface area contributed by atoms with Crippen LogP contribution in [-0.4, -0.2) is 143 Å². The van der Waals surface area contributed by atoms with Crippen LogP contribution in [0.4, 0.5) is 34.8 Å². The van der Waals surface area contributed by atoms with Crippen molar-refractivity contribution in [1.82, 2.24) is 29.7 Å². The maximum Gasteiger partial charge on any atom is 0.501 e. The molecule has 9 rings (SSSR count). The van der Waals surface area contributed by atoms with E-state index in [1.807, 2.05) is 52.1 Å². The molecule has 16 nitrogen and oxygen atoms in total. The second-order valence-corrected chi connectivity index (χ2v) is 27.1. The number of sulfone groups is 1. The van der Waals surface area contributed by atoms with E-state index in [4.69, 9.17) is 11.6 Å². The van der Waals surface area contributed by atoms with Gasteiger partial charge in [-0.3, -0.25) is 29.5 Å². The van der Waals surface area contributed by atoms with Crippen LogP contribution in [-0.2, 0) is 36.0 Å². The van der Waals surface area contributed by atoms with Crippen LogP contribution >= 0.6 is 23.4 Å². The largest absolute Gasteiger partial charge is 0.501 e. The van der Waals surface area contributed by atoms with E-state index < -0.39 is 70.6 Å². The predicted molar refractivity (Wildman–Crippen MR) is 310 cm³/mol. The standard InChI is InChI=1S/C58H66ClF4N9O7S3/c1-57(2)22-20-48(39-8-12-43(59)13-9-39)41(34-57)36-71-28-30-72(31-29-71)45-14-10-40(11-15-45)55(74)68-82(78,79)47-16-17-50(52(32-47)81(76,77)58(61,62)63)65-44(38-80-46-6-4-3-5-7-46)21-23-69-24-26-70(27-25-69)37-42-35-64-53(33-49(42)60)66-51-18-19-54(73)67-56(51)75/h3-17,32-33,35,44,51,65H,18-31,34,36-38H2,1-2H3,(H,64,66)(H,68,74)(H,67,73,75)/t44-,51?/m1/s1. The fourth-order valence-corrected chi connectivity index (χ4v) is 13.9. The molecule has 4 aliphatic rings. The van der Waals surface area contributed by atoms with E-state index in [0.717, 1.165) is 61.6 Å². The van der Waals surface area contributed by atoms with Gasteiger partial charge in [0, 0.05) is 129 Å². The molecule has 3 aliphatic heterocycles. The minimum absolute atomic E-state index is 0.0341. The average Bonchev–Trinajstić information content (AvgIpc) is 3.47. The molecular weight excluding hydrogens is 1140 g/mol. The smallest absolute Gasteiger partial charge is 0.380 e. The lowest BCUT2D eigenvalue weighted by Crippen LogP contribution is -2.47. The highest BCUT2D eigenvalue weighted by molar-refractivity contribution is 7.99. The van der Waals surface area contributed by atoms with Gasteiger partial charge in [0.2, 0.25) is 11.8 Å². The zero-order valence-electron chi connectivity index (χ0n) is 45.5. The van der Waals surface area contributed by atoms with Gasteiger partial charge in [0.05, 0.1) is 10.6 Å². The summed E-state index contributed by atoms with van der Waals surface area (Å²) in [6, 6.07) is 25.8. The number of halogens is 5. The number of allylic oxidation sites excluding steroid dienone is 1. The molecule has 0 spiro atoms. The average molecular weight is 1210 g/mol. The van der Waals surface area contributed by atoms with Gasteiger partial charge in [-0.25, -0.2) is 30.9 Å². The Hall–Kier alpha value is -6.08. The SMILES string of the molecule is CC1(C)CCC(c2ccc(Cl)cc2)=C(CN2CCN(c3ccc(C(=O)NS(=O)(=O)c4ccc(N[C@H](CCN5CCN(Cc6cnc(NC7CCC(=O)NC7=O)cc6F)CC5)CSc5ccccc5)c(S(=O)(=O)C(F)(F)F)c4)cc3)CC2)C1. The number of anilines is 3. The number of benzene rings is 4. The molecular formula is C58H66ClF4N9O7S3. The van der Waals surface area contributed by atoms with Gasteiger partial charge in [0.1, 0.15) is 22.6 Å². The van der Waals surface area contributed by atoms with Crippen LogP contribution < -0.4 is 25.6 Å². The molecule has 2 atom stereocenters. The zero-order valence-corrected chi connectivity index (χ0v) is 48.7. The number of rotatable bonds is 20. The number of alkyl halides is 3. The Balaban J connectivity index is 0.823. The fraction of sp³-hybridized carbons (Fsp3) is 0.414. The van der Waals surface area contributed by atoms with Gasteiger partial charge in [-0.15, -0.1) is 11.8 Å². The number of pyridine rings is 1. The summed E-state index contributed by atoms with van der Waals surface area (Å²) in [5.74, 6) is -1.99. The van der Waals surface area contributed by atoms with E-state index in [1.165, 1.54) is 52.9 Å². The number of sulfonamides is 1. The number of piperazine rings is 2. The van der Waals surface area contributed by atoms with Crippen molar-refractivity contribution in [3.8, 4) is 0 Å². The third-order valence-electron chi connectivity index (χ3n) is 15.4. The van der Waals surface area contributed by atoms with Crippen LogP contribution in [0.1, 0.15) is 73.9 Å². The van der Waals surface area contributed by atoms with Gasteiger partial charge in [-0.2, -0.15) is 13.2 Å². The first-order valence-corrected chi connectivity index (χ1v) is 31.5. The van der Waals surface area contributed by atoms with Crippen LogP contribution in [0.3, 0.4) is 0 Å². The Bertz CT molecular complexity index is 3380. The van der Waals surface area contributed by atoms with Gasteiger partial charge in [-0.05, 0) is 115 Å². The molecule has 3 fully saturated rings. The Morgan fingerprint density at radius 2 is 1.51 bits per heavy atom. The van der Waals surface area contributed by atoms with E-state index in [1.54, 1.807) is 12.1 Å². The number of hydrogen-bond acceptors (Lipinski definition) is 15. The van der Waals surface area contributed by atoms with Gasteiger partial charge in [-0.1, -0.05) is 61.4 Å². The first-order valence-electron chi connectivity index (χ1n) is 27.2. The lowest BCUT2D eigenvalue weighted by atomic mass is 9.73. The van der Waals surface area contributed by atoms with Crippen molar-refractivity contribution in [3.05, 3.63) is 142 Å². The maximum absolute atomic E-state index is 15.3. The van der Waals surface area contributed by atoms with Crippen LogP contribution in [0.15, 0.2) is 130 Å². The second-order valence-electron chi connectivity index (χ2n) is 22.0. The van der Waals surface area contributed by atoms with Crippen molar-refractivity contribution < 1.29 is 48.8 Å². The van der Waals surface area contributed by atoms with Crippen molar-refractivity contribution in [3.63, 3.8) is 0 Å². The minimum atomic E-state index is -6.15. The summed E-state index contributed by atoms with van der Waals surface area (Å²) in [6.07, 6.45) is 5.25. The highest BCUT2D eigenvalue weighted by Gasteiger charge is 2.48. The lowest BCUT2D eigenvalue weighted by molar-refractivity contribution is -0.133. The summed E-state index contributed by atoms with van der Waals surface area (Å²) in [7, 11) is -11.1. The number of thioether (sulfide) groups is 1. The molecule has 4 heterocycles. The van der Waals surface area contributed by atoms with E-state index in [2.05, 4.69) is 61.6 Å². The molecule has 3 saturated heterocycles. The van der Waals surface area contributed by atoms with E-state index in [-0.39, 0.29) is 47.8 Å². The Kier molecular flexibility index (Phi) is 19.1. The molecule has 4 aromatic carbocycles. The van der Waals surface area contributed by atoms with Crippen molar-refractivity contribution in [2.45, 2.75) is 91.2 Å². The highest BCUT2D eigenvalue weighted by Crippen LogP contribution is 2.43. The monoisotopic (exact) mass is 1210 g/mol. The summed E-state index contributed by atoms with van der Waals surface area (Å²) in [5, 5.41) is 8.83. The third-order valence-corrected chi connectivity index (χ3v) is 19.7. The molecule has 0 radical (unpaired) electrons. The first-order chi connectivity index (χ1) is 39.0. The molecule has 3 amide bonds. The second kappa shape index (κ2) is 25.8. The lowest BCUT2D eigenvalue weighted by Gasteiger charge is -2.39. The molecule has 1 unspecified atom stereocenters. The highest BCUT2D eigenvalue weighted by atomic mass is 35.5. The summed E-state index contributed by atoms with van der Waals surface area (Å²) in [6.45, 7) is 11.4. The van der Waals surface area contributed by atoms with E-state index >= 15 is 4.39 Å². The van der Waals surface area contributed by atoms with Gasteiger partial charge in [0.25, 0.3) is 25.8 Å². The van der Waals surface area contributed by atoms with Gasteiger partial charge < -0.3 is 20.4 Å². The molecule has 82 heavy (non-hydrogen) atoms. The topological polar surface area (TPSA) is 193 Å². The van der Waals surface area contributed by atoms with Crippen LogP contribution in [0.2, 0.25) is 5.02 Å². The van der Waals surface area contributed by atoms with E-state index in [0.29, 0.717) is 68.9 Å². The maximum atomic E-state index is 15.3. The molecule has 438 valence electrons. The minimum Gasteiger partial charge on any atom is -0.380 e. The number of carbonyl (C=O) groups is 3. The van der Waals surface area contributed by atoms with Crippen molar-refractivity contribution in [2.24, 2.45) is 5.41 Å². The third kappa shape index (κ3) is 15.4. The van der Waals surface area contributed by atoms with Crippen molar-refractivity contribution >= 4 is 83.7 Å². The number of piperidine rings is 1. The summed E-state index contributed by atoms with van der Waals surface area (Å²) >= 11 is 7.61. The number of nitrogens with one attached hydrogen (secondary N) is 4. The van der Waals surface area contributed by atoms with Crippen LogP contribution in [0, 0.1) is 11.2 Å². The molecule has 4 N–H and O–H groups in total. The Labute approximate surface area is 485 Å². The predicted octanol–water partition coefficient (Wildman–Crippen LogP) is 9.07. The van der Waals surface area contributed by atoms with Gasteiger partial charge in [0.15, 0.2) is 0 Å². The summed E-state index contributed by atoms with van der Waals surface area (Å²) in [5.41, 5.74) is -0.929. The molecule has 1 aliphatic carbocycles.